The molecule has 3 aromatic rings. The van der Waals surface area contributed by atoms with Crippen molar-refractivity contribution in [2.75, 3.05) is 10.0 Å². The van der Waals surface area contributed by atoms with Gasteiger partial charge in [0.2, 0.25) is 5.91 Å². The minimum absolute atomic E-state index is 0.0963. The zero-order valence-electron chi connectivity index (χ0n) is 15.1. The Bertz CT molecular complexity index is 1060. The van der Waals surface area contributed by atoms with Crippen LogP contribution in [0.3, 0.4) is 0 Å². The lowest BCUT2D eigenvalue weighted by atomic mass is 10.1. The molecule has 0 heterocycles. The summed E-state index contributed by atoms with van der Waals surface area (Å²) in [6.45, 7) is 1.99. The van der Waals surface area contributed by atoms with Crippen LogP contribution in [0.2, 0.25) is 5.02 Å². The van der Waals surface area contributed by atoms with Crippen LogP contribution >= 0.6 is 11.6 Å². The third kappa shape index (κ3) is 5.34. The quantitative estimate of drug-likeness (QED) is 0.617. The van der Waals surface area contributed by atoms with Crippen LogP contribution in [-0.2, 0) is 21.2 Å². The first-order valence-electron chi connectivity index (χ1n) is 8.56. The number of halogens is 1. The molecule has 28 heavy (non-hydrogen) atoms. The maximum atomic E-state index is 12.5. The smallest absolute Gasteiger partial charge is 0.261 e. The SMILES string of the molecule is Cc1ccc(CC(=O)Nc2ccc(S(=O)(=O)Nc3ccc(Cl)cc3)cc2)cc1. The minimum atomic E-state index is -3.73. The number of carbonyl (C=O) groups excluding carboxylic acids is 1. The molecule has 0 bridgehead atoms. The van der Waals surface area contributed by atoms with Gasteiger partial charge in [-0.3, -0.25) is 9.52 Å². The van der Waals surface area contributed by atoms with Crippen molar-refractivity contribution >= 4 is 38.9 Å². The van der Waals surface area contributed by atoms with Gasteiger partial charge in [0, 0.05) is 16.4 Å². The number of hydrogen-bond acceptors (Lipinski definition) is 3. The molecule has 0 radical (unpaired) electrons. The van der Waals surface area contributed by atoms with Crippen molar-refractivity contribution in [1.82, 2.24) is 0 Å². The first-order valence-corrected chi connectivity index (χ1v) is 10.4. The van der Waals surface area contributed by atoms with Gasteiger partial charge in [-0.2, -0.15) is 0 Å². The number of benzene rings is 3. The van der Waals surface area contributed by atoms with Gasteiger partial charge in [0.05, 0.1) is 11.3 Å². The number of carbonyl (C=O) groups is 1. The molecule has 7 heteroatoms. The molecule has 0 saturated heterocycles. The van der Waals surface area contributed by atoms with E-state index in [4.69, 9.17) is 11.6 Å². The summed E-state index contributed by atoms with van der Waals surface area (Å²) in [5, 5.41) is 3.29. The number of anilines is 2. The average molecular weight is 415 g/mol. The fourth-order valence-electron chi connectivity index (χ4n) is 2.55. The number of nitrogens with one attached hydrogen (secondary N) is 2. The molecule has 0 saturated carbocycles. The topological polar surface area (TPSA) is 75.3 Å². The molecule has 5 nitrogen and oxygen atoms in total. The molecule has 0 aliphatic rings. The predicted molar refractivity (Wildman–Crippen MR) is 112 cm³/mol. The van der Waals surface area contributed by atoms with Gasteiger partial charge in [0.25, 0.3) is 10.0 Å². The fourth-order valence-corrected chi connectivity index (χ4v) is 3.73. The van der Waals surface area contributed by atoms with E-state index in [0.717, 1.165) is 11.1 Å². The molecule has 0 aliphatic carbocycles. The van der Waals surface area contributed by atoms with Gasteiger partial charge in [0.1, 0.15) is 0 Å². The van der Waals surface area contributed by atoms with Crippen LogP contribution < -0.4 is 10.0 Å². The van der Waals surface area contributed by atoms with Gasteiger partial charge in [-0.15, -0.1) is 0 Å². The Labute approximate surface area is 169 Å². The second-order valence-corrected chi connectivity index (χ2v) is 8.47. The van der Waals surface area contributed by atoms with Crippen molar-refractivity contribution in [3.8, 4) is 0 Å². The van der Waals surface area contributed by atoms with Crippen molar-refractivity contribution in [1.29, 1.82) is 0 Å². The predicted octanol–water partition coefficient (Wildman–Crippen LogP) is 4.63. The second-order valence-electron chi connectivity index (χ2n) is 6.35. The number of aryl methyl sites for hydroxylation is 1. The highest BCUT2D eigenvalue weighted by molar-refractivity contribution is 7.92. The first-order chi connectivity index (χ1) is 13.3. The third-order valence-electron chi connectivity index (χ3n) is 4.03. The average Bonchev–Trinajstić information content (AvgIpc) is 2.66. The molecule has 3 aromatic carbocycles. The summed E-state index contributed by atoms with van der Waals surface area (Å²) in [5.41, 5.74) is 2.99. The molecule has 0 fully saturated rings. The van der Waals surface area contributed by atoms with E-state index >= 15 is 0 Å². The Hall–Kier alpha value is -2.83. The maximum absolute atomic E-state index is 12.5. The number of hydrogen-bond donors (Lipinski definition) is 2. The van der Waals surface area contributed by atoms with Crippen LogP contribution in [0.4, 0.5) is 11.4 Å². The molecule has 144 valence electrons. The van der Waals surface area contributed by atoms with Gasteiger partial charge in [-0.05, 0) is 61.0 Å². The second kappa shape index (κ2) is 8.46. The lowest BCUT2D eigenvalue weighted by molar-refractivity contribution is -0.115. The van der Waals surface area contributed by atoms with Crippen molar-refractivity contribution in [3.63, 3.8) is 0 Å². The van der Waals surface area contributed by atoms with E-state index in [0.29, 0.717) is 16.4 Å². The van der Waals surface area contributed by atoms with E-state index < -0.39 is 10.0 Å². The number of amides is 1. The molecular formula is C21H19ClN2O3S. The highest BCUT2D eigenvalue weighted by Crippen LogP contribution is 2.20. The summed E-state index contributed by atoms with van der Waals surface area (Å²) in [7, 11) is -3.73. The van der Waals surface area contributed by atoms with Crippen LogP contribution in [0.5, 0.6) is 0 Å². The highest BCUT2D eigenvalue weighted by Gasteiger charge is 2.14. The Morgan fingerprint density at radius 3 is 2.04 bits per heavy atom. The van der Waals surface area contributed by atoms with Crippen molar-refractivity contribution in [3.05, 3.63) is 88.9 Å². The van der Waals surface area contributed by atoms with Gasteiger partial charge in [-0.1, -0.05) is 41.4 Å². The minimum Gasteiger partial charge on any atom is -0.326 e. The summed E-state index contributed by atoms with van der Waals surface area (Å²) in [4.78, 5) is 12.3. The molecule has 2 N–H and O–H groups in total. The monoisotopic (exact) mass is 414 g/mol. The molecule has 1 amide bonds. The van der Waals surface area contributed by atoms with Crippen molar-refractivity contribution in [2.45, 2.75) is 18.2 Å². The van der Waals surface area contributed by atoms with Crippen LogP contribution in [0.1, 0.15) is 11.1 Å². The summed E-state index contributed by atoms with van der Waals surface area (Å²) >= 11 is 5.81. The van der Waals surface area contributed by atoms with E-state index in [1.54, 1.807) is 36.4 Å². The molecule has 0 unspecified atom stereocenters. The van der Waals surface area contributed by atoms with Crippen LogP contribution in [0.15, 0.2) is 77.7 Å². The van der Waals surface area contributed by atoms with Gasteiger partial charge >= 0.3 is 0 Å². The first kappa shape index (κ1) is 19.9. The van der Waals surface area contributed by atoms with Crippen molar-refractivity contribution in [2.24, 2.45) is 0 Å². The molecule has 0 spiro atoms. The molecule has 0 atom stereocenters. The Morgan fingerprint density at radius 2 is 1.43 bits per heavy atom. The summed E-state index contributed by atoms with van der Waals surface area (Å²) in [5.74, 6) is -0.168. The normalized spacial score (nSPS) is 11.1. The van der Waals surface area contributed by atoms with Gasteiger partial charge in [0.15, 0.2) is 0 Å². The number of sulfonamides is 1. The van der Waals surface area contributed by atoms with Gasteiger partial charge in [-0.25, -0.2) is 8.42 Å². The number of rotatable bonds is 6. The Balaban J connectivity index is 1.64. The Kier molecular flexibility index (Phi) is 6.02. The highest BCUT2D eigenvalue weighted by atomic mass is 35.5. The van der Waals surface area contributed by atoms with E-state index in [9.17, 15) is 13.2 Å². The van der Waals surface area contributed by atoms with E-state index in [-0.39, 0.29) is 17.2 Å². The lowest BCUT2D eigenvalue weighted by Crippen LogP contribution is -2.15. The molecule has 0 aromatic heterocycles. The third-order valence-corrected chi connectivity index (χ3v) is 5.68. The summed E-state index contributed by atoms with van der Waals surface area (Å²) in [6, 6.07) is 20.1. The zero-order chi connectivity index (χ0) is 20.1. The van der Waals surface area contributed by atoms with E-state index in [1.807, 2.05) is 31.2 Å². The maximum Gasteiger partial charge on any atom is 0.261 e. The van der Waals surface area contributed by atoms with Gasteiger partial charge < -0.3 is 5.32 Å². The Morgan fingerprint density at radius 1 is 0.857 bits per heavy atom. The zero-order valence-corrected chi connectivity index (χ0v) is 16.7. The van der Waals surface area contributed by atoms with E-state index in [1.165, 1.54) is 12.1 Å². The van der Waals surface area contributed by atoms with Crippen LogP contribution in [-0.4, -0.2) is 14.3 Å². The van der Waals surface area contributed by atoms with Crippen molar-refractivity contribution < 1.29 is 13.2 Å². The molecular weight excluding hydrogens is 396 g/mol. The molecule has 3 rings (SSSR count). The summed E-state index contributed by atoms with van der Waals surface area (Å²) < 4.78 is 27.4. The lowest BCUT2D eigenvalue weighted by Gasteiger charge is -2.10. The molecule has 0 aliphatic heterocycles. The fraction of sp³-hybridized carbons (Fsp3) is 0.0952. The van der Waals surface area contributed by atoms with Crippen LogP contribution in [0.25, 0.3) is 0 Å². The largest absolute Gasteiger partial charge is 0.326 e. The summed E-state index contributed by atoms with van der Waals surface area (Å²) in [6.07, 6.45) is 0.248. The van der Waals surface area contributed by atoms with Crippen LogP contribution in [0, 0.1) is 6.92 Å². The standard InChI is InChI=1S/C21H19ClN2O3S/c1-15-2-4-16(5-3-15)14-21(25)23-18-10-12-20(13-11-18)28(26,27)24-19-8-6-17(22)7-9-19/h2-13,24H,14H2,1H3,(H,23,25). The van der Waals surface area contributed by atoms with E-state index in [2.05, 4.69) is 10.0 Å².